The van der Waals surface area contributed by atoms with Gasteiger partial charge in [-0.2, -0.15) is 5.10 Å². The first-order chi connectivity index (χ1) is 10.3. The second kappa shape index (κ2) is 6.10. The van der Waals surface area contributed by atoms with Crippen LogP contribution in [-0.2, 0) is 13.6 Å². The summed E-state index contributed by atoms with van der Waals surface area (Å²) in [4.78, 5) is 0. The molecule has 0 radical (unpaired) electrons. The van der Waals surface area contributed by atoms with Crippen molar-refractivity contribution in [2.24, 2.45) is 7.05 Å². The van der Waals surface area contributed by atoms with Gasteiger partial charge in [0.2, 0.25) is 0 Å². The van der Waals surface area contributed by atoms with Gasteiger partial charge in [0.1, 0.15) is 0 Å². The fourth-order valence-electron chi connectivity index (χ4n) is 2.73. The molecule has 108 valence electrons. The summed E-state index contributed by atoms with van der Waals surface area (Å²) in [5.74, 6) is 0.501. The quantitative estimate of drug-likeness (QED) is 0.775. The van der Waals surface area contributed by atoms with Crippen molar-refractivity contribution < 1.29 is 0 Å². The molecule has 2 aromatic carbocycles. The molecular weight excluding hydrogens is 258 g/mol. The Balaban J connectivity index is 1.65. The van der Waals surface area contributed by atoms with E-state index in [2.05, 4.69) is 71.9 Å². The van der Waals surface area contributed by atoms with Crippen LogP contribution < -0.4 is 5.32 Å². The highest BCUT2D eigenvalue weighted by molar-refractivity contribution is 5.81. The minimum Gasteiger partial charge on any atom is -0.310 e. The molecule has 3 heteroatoms. The first-order valence-electron chi connectivity index (χ1n) is 7.42. The molecule has 0 aliphatic carbocycles. The van der Waals surface area contributed by atoms with E-state index in [4.69, 9.17) is 0 Å². The molecule has 1 aromatic heterocycles. The topological polar surface area (TPSA) is 29.9 Å². The fraction of sp³-hybridized carbons (Fsp3) is 0.278. The molecule has 0 amide bonds. The molecule has 0 aliphatic rings. The van der Waals surface area contributed by atoms with Crippen LogP contribution >= 0.6 is 0 Å². The van der Waals surface area contributed by atoms with Crippen molar-refractivity contribution in [3.8, 4) is 0 Å². The highest BCUT2D eigenvalue weighted by Crippen LogP contribution is 2.18. The number of aromatic nitrogens is 2. The lowest BCUT2D eigenvalue weighted by Crippen LogP contribution is -2.20. The van der Waals surface area contributed by atoms with Gasteiger partial charge in [-0.25, -0.2) is 0 Å². The van der Waals surface area contributed by atoms with E-state index in [9.17, 15) is 0 Å². The van der Waals surface area contributed by atoms with E-state index in [1.807, 2.05) is 11.7 Å². The highest BCUT2D eigenvalue weighted by Gasteiger charge is 2.09. The monoisotopic (exact) mass is 279 g/mol. The minimum atomic E-state index is 0.501. The molecule has 1 N–H and O–H groups in total. The second-order valence-corrected chi connectivity index (χ2v) is 5.53. The van der Waals surface area contributed by atoms with Gasteiger partial charge in [-0.15, -0.1) is 0 Å². The summed E-state index contributed by atoms with van der Waals surface area (Å²) in [7, 11) is 2.00. The van der Waals surface area contributed by atoms with Crippen molar-refractivity contribution in [2.45, 2.75) is 19.4 Å². The molecule has 3 rings (SSSR count). The number of hydrogen-bond donors (Lipinski definition) is 1. The van der Waals surface area contributed by atoms with Gasteiger partial charge in [0.05, 0.1) is 11.2 Å². The van der Waals surface area contributed by atoms with E-state index in [0.717, 1.165) is 18.8 Å². The van der Waals surface area contributed by atoms with Crippen molar-refractivity contribution in [2.75, 3.05) is 6.54 Å². The molecule has 1 heterocycles. The largest absolute Gasteiger partial charge is 0.310 e. The summed E-state index contributed by atoms with van der Waals surface area (Å²) in [6.07, 6.45) is 0. The third-order valence-corrected chi connectivity index (χ3v) is 3.95. The van der Waals surface area contributed by atoms with Crippen molar-refractivity contribution in [3.05, 3.63) is 65.9 Å². The Bertz CT molecular complexity index is 716. The average Bonchev–Trinajstić information content (AvgIpc) is 2.85. The number of nitrogens with zero attached hydrogens (tertiary/aromatic N) is 2. The Labute approximate surface area is 125 Å². The fourth-order valence-corrected chi connectivity index (χ4v) is 2.73. The smallest absolute Gasteiger partial charge is 0.0841 e. The van der Waals surface area contributed by atoms with E-state index in [1.165, 1.54) is 16.5 Å². The third kappa shape index (κ3) is 2.98. The lowest BCUT2D eigenvalue weighted by molar-refractivity contribution is 0.603. The molecule has 21 heavy (non-hydrogen) atoms. The maximum atomic E-state index is 4.61. The van der Waals surface area contributed by atoms with Crippen LogP contribution in [-0.4, -0.2) is 16.3 Å². The number of fused-ring (bicyclic) bond motifs is 1. The highest BCUT2D eigenvalue weighted by atomic mass is 15.3. The molecule has 0 bridgehead atoms. The predicted molar refractivity (Wildman–Crippen MR) is 87.3 cm³/mol. The zero-order valence-corrected chi connectivity index (χ0v) is 12.6. The van der Waals surface area contributed by atoms with E-state index in [-0.39, 0.29) is 0 Å². The zero-order valence-electron chi connectivity index (χ0n) is 12.6. The van der Waals surface area contributed by atoms with Gasteiger partial charge in [0.15, 0.2) is 0 Å². The molecule has 0 saturated carbocycles. The van der Waals surface area contributed by atoms with Gasteiger partial charge in [-0.3, -0.25) is 4.68 Å². The van der Waals surface area contributed by atoms with Crippen LogP contribution in [0.2, 0.25) is 0 Å². The SMILES string of the molecule is CC(CNCc1nn(C)c2ccccc12)c1ccccc1. The summed E-state index contributed by atoms with van der Waals surface area (Å²) >= 11 is 0. The third-order valence-electron chi connectivity index (χ3n) is 3.95. The maximum absolute atomic E-state index is 4.61. The molecule has 1 unspecified atom stereocenters. The number of hydrogen-bond acceptors (Lipinski definition) is 2. The van der Waals surface area contributed by atoms with Crippen LogP contribution in [0.25, 0.3) is 10.9 Å². The van der Waals surface area contributed by atoms with Gasteiger partial charge in [-0.1, -0.05) is 55.5 Å². The molecule has 0 aliphatic heterocycles. The summed E-state index contributed by atoms with van der Waals surface area (Å²) in [5, 5.41) is 9.38. The van der Waals surface area contributed by atoms with Gasteiger partial charge in [-0.05, 0) is 17.5 Å². The van der Waals surface area contributed by atoms with Crippen LogP contribution in [0.4, 0.5) is 0 Å². The lowest BCUT2D eigenvalue weighted by Gasteiger charge is -2.12. The molecule has 3 aromatic rings. The van der Waals surface area contributed by atoms with Crippen molar-refractivity contribution in [1.29, 1.82) is 0 Å². The summed E-state index contributed by atoms with van der Waals surface area (Å²) in [5.41, 5.74) is 3.68. The Morgan fingerprint density at radius 3 is 2.57 bits per heavy atom. The van der Waals surface area contributed by atoms with Crippen LogP contribution in [0.3, 0.4) is 0 Å². The average molecular weight is 279 g/mol. The Kier molecular flexibility index (Phi) is 4.02. The standard InChI is InChI=1S/C18H21N3/c1-14(15-8-4-3-5-9-15)12-19-13-17-16-10-6-7-11-18(16)21(2)20-17/h3-11,14,19H,12-13H2,1-2H3. The molecule has 0 saturated heterocycles. The Morgan fingerprint density at radius 2 is 1.76 bits per heavy atom. The first-order valence-corrected chi connectivity index (χ1v) is 7.42. The van der Waals surface area contributed by atoms with Crippen molar-refractivity contribution in [1.82, 2.24) is 15.1 Å². The van der Waals surface area contributed by atoms with E-state index in [1.54, 1.807) is 0 Å². The van der Waals surface area contributed by atoms with Gasteiger partial charge < -0.3 is 5.32 Å². The van der Waals surface area contributed by atoms with E-state index < -0.39 is 0 Å². The van der Waals surface area contributed by atoms with Crippen molar-refractivity contribution >= 4 is 10.9 Å². The zero-order chi connectivity index (χ0) is 14.7. The van der Waals surface area contributed by atoms with Crippen LogP contribution in [0.5, 0.6) is 0 Å². The second-order valence-electron chi connectivity index (χ2n) is 5.53. The molecule has 0 spiro atoms. The molecule has 1 atom stereocenters. The molecular formula is C18H21N3. The van der Waals surface area contributed by atoms with Gasteiger partial charge in [0, 0.05) is 25.5 Å². The number of aryl methyl sites for hydroxylation is 1. The Morgan fingerprint density at radius 1 is 1.05 bits per heavy atom. The first kappa shape index (κ1) is 13.8. The van der Waals surface area contributed by atoms with Crippen LogP contribution in [0.1, 0.15) is 24.1 Å². The molecule has 3 nitrogen and oxygen atoms in total. The number of benzene rings is 2. The maximum Gasteiger partial charge on any atom is 0.0841 e. The number of rotatable bonds is 5. The number of nitrogens with one attached hydrogen (secondary N) is 1. The van der Waals surface area contributed by atoms with E-state index >= 15 is 0 Å². The number of para-hydroxylation sites is 1. The summed E-state index contributed by atoms with van der Waals surface area (Å²) in [6, 6.07) is 19.0. The summed E-state index contributed by atoms with van der Waals surface area (Å²) in [6.45, 7) is 4.01. The van der Waals surface area contributed by atoms with Gasteiger partial charge >= 0.3 is 0 Å². The van der Waals surface area contributed by atoms with Crippen LogP contribution in [0, 0.1) is 0 Å². The normalized spacial score (nSPS) is 12.7. The summed E-state index contributed by atoms with van der Waals surface area (Å²) < 4.78 is 1.95. The predicted octanol–water partition coefficient (Wildman–Crippen LogP) is 3.47. The van der Waals surface area contributed by atoms with Gasteiger partial charge in [0.25, 0.3) is 0 Å². The van der Waals surface area contributed by atoms with E-state index in [0.29, 0.717) is 5.92 Å². The van der Waals surface area contributed by atoms with Crippen LogP contribution in [0.15, 0.2) is 54.6 Å². The lowest BCUT2D eigenvalue weighted by atomic mass is 10.0. The minimum absolute atomic E-state index is 0.501. The van der Waals surface area contributed by atoms with Crippen molar-refractivity contribution in [3.63, 3.8) is 0 Å². The molecule has 0 fully saturated rings. The Hall–Kier alpha value is -2.13.